The molecule has 2 fully saturated rings. The summed E-state index contributed by atoms with van der Waals surface area (Å²) in [6.45, 7) is 3.64. The van der Waals surface area contributed by atoms with E-state index in [0.29, 0.717) is 12.1 Å². The molecule has 4 amide bonds. The quantitative estimate of drug-likeness (QED) is 0.751. The molecule has 7 nitrogen and oxygen atoms in total. The fourth-order valence-corrected chi connectivity index (χ4v) is 4.86. The second-order valence-corrected chi connectivity index (χ2v) is 8.88. The number of aryl methyl sites for hydroxylation is 1. The van der Waals surface area contributed by atoms with Crippen molar-refractivity contribution in [2.45, 2.75) is 45.1 Å². The number of benzene rings is 1. The van der Waals surface area contributed by atoms with Crippen molar-refractivity contribution in [3.8, 4) is 11.3 Å². The Kier molecular flexibility index (Phi) is 5.12. The third-order valence-corrected chi connectivity index (χ3v) is 6.64. The van der Waals surface area contributed by atoms with Crippen molar-refractivity contribution in [1.82, 2.24) is 15.2 Å². The fraction of sp³-hybridized carbons (Fsp3) is 0.429. The van der Waals surface area contributed by atoms with E-state index < -0.39 is 17.5 Å². The maximum absolute atomic E-state index is 13.0. The fourth-order valence-electron chi connectivity index (χ4n) is 4.24. The van der Waals surface area contributed by atoms with Crippen LogP contribution in [0.5, 0.6) is 0 Å². The third kappa shape index (κ3) is 3.64. The molecule has 1 spiro atoms. The normalized spacial score (nSPS) is 24.1. The molecule has 152 valence electrons. The van der Waals surface area contributed by atoms with Gasteiger partial charge in [-0.25, -0.2) is 9.78 Å². The van der Waals surface area contributed by atoms with Crippen LogP contribution < -0.4 is 10.6 Å². The Morgan fingerprint density at radius 1 is 1.38 bits per heavy atom. The van der Waals surface area contributed by atoms with Crippen molar-refractivity contribution in [1.29, 1.82) is 0 Å². The SMILES string of the molecule is Cc1nc(-c2cccc(NC(=O)CN3C(=O)NC4(CCCCC4C)C3=O)c2)cs1. The number of nitrogens with one attached hydrogen (secondary N) is 2. The highest BCUT2D eigenvalue weighted by atomic mass is 32.1. The first-order valence-corrected chi connectivity index (χ1v) is 10.7. The van der Waals surface area contributed by atoms with Crippen molar-refractivity contribution in [3.05, 3.63) is 34.7 Å². The molecule has 8 heteroatoms. The lowest BCUT2D eigenvalue weighted by Crippen LogP contribution is -2.54. The number of carbonyl (C=O) groups excluding carboxylic acids is 3. The number of hydrogen-bond acceptors (Lipinski definition) is 5. The molecule has 0 bridgehead atoms. The van der Waals surface area contributed by atoms with Gasteiger partial charge in [0.15, 0.2) is 0 Å². The molecule has 2 N–H and O–H groups in total. The molecule has 2 aliphatic rings. The predicted molar refractivity (Wildman–Crippen MR) is 112 cm³/mol. The van der Waals surface area contributed by atoms with Crippen LogP contribution in [-0.4, -0.2) is 39.8 Å². The minimum Gasteiger partial charge on any atom is -0.325 e. The summed E-state index contributed by atoms with van der Waals surface area (Å²) in [6, 6.07) is 6.90. The van der Waals surface area contributed by atoms with Gasteiger partial charge in [-0.1, -0.05) is 31.9 Å². The summed E-state index contributed by atoms with van der Waals surface area (Å²) in [7, 11) is 0. The minimum absolute atomic E-state index is 0.0685. The standard InChI is InChI=1S/C21H24N4O3S/c1-13-6-3-4-9-21(13)19(27)25(20(28)24-21)11-18(26)23-16-8-5-7-15(10-16)17-12-29-14(2)22-17/h5,7-8,10,12-13H,3-4,6,9,11H2,1-2H3,(H,23,26)(H,24,28). The number of hydrogen-bond donors (Lipinski definition) is 2. The summed E-state index contributed by atoms with van der Waals surface area (Å²) < 4.78 is 0. The van der Waals surface area contributed by atoms with Gasteiger partial charge in [-0.15, -0.1) is 11.3 Å². The van der Waals surface area contributed by atoms with Gasteiger partial charge in [0.25, 0.3) is 5.91 Å². The largest absolute Gasteiger partial charge is 0.325 e. The zero-order valence-electron chi connectivity index (χ0n) is 16.5. The second-order valence-electron chi connectivity index (χ2n) is 7.82. The van der Waals surface area contributed by atoms with Crippen molar-refractivity contribution >= 4 is 34.9 Å². The number of urea groups is 1. The van der Waals surface area contributed by atoms with E-state index in [4.69, 9.17) is 0 Å². The van der Waals surface area contributed by atoms with Crippen LogP contribution in [0.3, 0.4) is 0 Å². The molecule has 1 aliphatic heterocycles. The van der Waals surface area contributed by atoms with E-state index in [2.05, 4.69) is 15.6 Å². The number of thiazole rings is 1. The summed E-state index contributed by atoms with van der Waals surface area (Å²) in [6.07, 6.45) is 3.49. The molecule has 2 atom stereocenters. The molecule has 0 radical (unpaired) electrons. The predicted octanol–water partition coefficient (Wildman–Crippen LogP) is 3.56. The first kappa shape index (κ1) is 19.6. The van der Waals surface area contributed by atoms with Crippen LogP contribution in [0.25, 0.3) is 11.3 Å². The summed E-state index contributed by atoms with van der Waals surface area (Å²) in [5.74, 6) is -0.615. The van der Waals surface area contributed by atoms with Crippen molar-refractivity contribution < 1.29 is 14.4 Å². The molecule has 1 aliphatic carbocycles. The highest BCUT2D eigenvalue weighted by Gasteiger charge is 2.55. The molecule has 2 heterocycles. The molecule has 1 saturated heterocycles. The topological polar surface area (TPSA) is 91.4 Å². The Hall–Kier alpha value is -2.74. The van der Waals surface area contributed by atoms with Gasteiger partial charge in [0, 0.05) is 16.6 Å². The number of carbonyl (C=O) groups is 3. The van der Waals surface area contributed by atoms with E-state index in [1.807, 2.05) is 37.4 Å². The minimum atomic E-state index is -0.849. The van der Waals surface area contributed by atoms with Gasteiger partial charge in [0.1, 0.15) is 12.1 Å². The molecule has 2 aromatic rings. The average molecular weight is 413 g/mol. The van der Waals surface area contributed by atoms with Gasteiger partial charge in [0.2, 0.25) is 5.91 Å². The number of amides is 4. The lowest BCUT2D eigenvalue weighted by molar-refractivity contribution is -0.136. The van der Waals surface area contributed by atoms with Crippen molar-refractivity contribution in [2.75, 3.05) is 11.9 Å². The third-order valence-electron chi connectivity index (χ3n) is 5.86. The van der Waals surface area contributed by atoms with Gasteiger partial charge in [-0.05, 0) is 37.8 Å². The zero-order chi connectivity index (χ0) is 20.6. The summed E-state index contributed by atoms with van der Waals surface area (Å²) >= 11 is 1.56. The molecule has 1 aromatic carbocycles. The van der Waals surface area contributed by atoms with Gasteiger partial charge >= 0.3 is 6.03 Å². The maximum atomic E-state index is 13.0. The highest BCUT2D eigenvalue weighted by molar-refractivity contribution is 7.09. The number of imide groups is 1. The van der Waals surface area contributed by atoms with E-state index in [1.54, 1.807) is 17.4 Å². The van der Waals surface area contributed by atoms with Crippen LogP contribution >= 0.6 is 11.3 Å². The zero-order valence-corrected chi connectivity index (χ0v) is 17.3. The maximum Gasteiger partial charge on any atom is 0.325 e. The first-order chi connectivity index (χ1) is 13.9. The van der Waals surface area contributed by atoms with E-state index in [1.165, 1.54) is 0 Å². The molecule has 29 heavy (non-hydrogen) atoms. The molecule has 4 rings (SSSR count). The number of nitrogens with zero attached hydrogens (tertiary/aromatic N) is 2. The van der Waals surface area contributed by atoms with Crippen LogP contribution in [0.15, 0.2) is 29.6 Å². The van der Waals surface area contributed by atoms with E-state index in [9.17, 15) is 14.4 Å². The lowest BCUT2D eigenvalue weighted by Gasteiger charge is -2.36. The van der Waals surface area contributed by atoms with Crippen LogP contribution in [0, 0.1) is 12.8 Å². The Morgan fingerprint density at radius 2 is 2.21 bits per heavy atom. The molecule has 1 saturated carbocycles. The number of rotatable bonds is 4. The van der Waals surface area contributed by atoms with Crippen molar-refractivity contribution in [2.24, 2.45) is 5.92 Å². The van der Waals surface area contributed by atoms with Crippen molar-refractivity contribution in [3.63, 3.8) is 0 Å². The molecular formula is C21H24N4O3S. The Morgan fingerprint density at radius 3 is 2.93 bits per heavy atom. The van der Waals surface area contributed by atoms with Gasteiger partial charge < -0.3 is 10.6 Å². The molecular weight excluding hydrogens is 388 g/mol. The second kappa shape index (κ2) is 7.59. The first-order valence-electron chi connectivity index (χ1n) is 9.85. The lowest BCUT2D eigenvalue weighted by atomic mass is 9.73. The van der Waals surface area contributed by atoms with E-state index in [0.717, 1.165) is 40.4 Å². The number of anilines is 1. The van der Waals surface area contributed by atoms with Crippen LogP contribution in [0.2, 0.25) is 0 Å². The van der Waals surface area contributed by atoms with Gasteiger partial charge in [-0.2, -0.15) is 0 Å². The smallest absolute Gasteiger partial charge is 0.325 e. The Labute approximate surface area is 173 Å². The summed E-state index contributed by atoms with van der Waals surface area (Å²) in [5, 5.41) is 8.60. The molecule has 2 unspecified atom stereocenters. The number of aromatic nitrogens is 1. The van der Waals surface area contributed by atoms with Crippen LogP contribution in [-0.2, 0) is 9.59 Å². The Bertz CT molecular complexity index is 972. The van der Waals surface area contributed by atoms with Gasteiger partial charge in [0.05, 0.1) is 10.7 Å². The highest BCUT2D eigenvalue weighted by Crippen LogP contribution is 2.38. The van der Waals surface area contributed by atoms with Gasteiger partial charge in [-0.3, -0.25) is 14.5 Å². The summed E-state index contributed by atoms with van der Waals surface area (Å²) in [5.41, 5.74) is 1.51. The van der Waals surface area contributed by atoms with Crippen LogP contribution in [0.4, 0.5) is 10.5 Å². The van der Waals surface area contributed by atoms with E-state index >= 15 is 0 Å². The summed E-state index contributed by atoms with van der Waals surface area (Å²) in [4.78, 5) is 43.5. The average Bonchev–Trinajstić information content (AvgIpc) is 3.22. The molecule has 1 aromatic heterocycles. The monoisotopic (exact) mass is 412 g/mol. The van der Waals surface area contributed by atoms with E-state index in [-0.39, 0.29) is 18.4 Å². The van der Waals surface area contributed by atoms with Crippen LogP contribution in [0.1, 0.15) is 37.6 Å². The Balaban J connectivity index is 1.45.